The molecule has 9 heteroatoms. The van der Waals surface area contributed by atoms with Gasteiger partial charge in [-0.15, -0.1) is 5.10 Å². The molecule has 1 aromatic carbocycles. The molecule has 144 valence electrons. The number of ether oxygens (including phenoxy) is 2. The lowest BCUT2D eigenvalue weighted by Gasteiger charge is -2.26. The van der Waals surface area contributed by atoms with Gasteiger partial charge in [0, 0.05) is 32.7 Å². The lowest BCUT2D eigenvalue weighted by Crippen LogP contribution is -2.44. The Balaban J connectivity index is 1.24. The number of benzene rings is 1. The second-order valence-corrected chi connectivity index (χ2v) is 6.67. The van der Waals surface area contributed by atoms with Crippen molar-refractivity contribution in [1.29, 1.82) is 0 Å². The largest absolute Gasteiger partial charge is 0.486 e. The van der Waals surface area contributed by atoms with Crippen molar-refractivity contribution in [2.24, 2.45) is 0 Å². The summed E-state index contributed by atoms with van der Waals surface area (Å²) in [6, 6.07) is 7.51. The second-order valence-electron chi connectivity index (χ2n) is 6.67. The van der Waals surface area contributed by atoms with Gasteiger partial charge in [-0.2, -0.15) is 0 Å². The fraction of sp³-hybridized carbons (Fsp3) is 0.500. The van der Waals surface area contributed by atoms with Crippen LogP contribution >= 0.6 is 0 Å². The van der Waals surface area contributed by atoms with Crippen molar-refractivity contribution in [1.82, 2.24) is 30.5 Å². The van der Waals surface area contributed by atoms with E-state index in [1.807, 2.05) is 24.3 Å². The highest BCUT2D eigenvalue weighted by atomic mass is 16.6. The summed E-state index contributed by atoms with van der Waals surface area (Å²) in [5.74, 6) is 1.17. The zero-order valence-corrected chi connectivity index (χ0v) is 15.1. The van der Waals surface area contributed by atoms with Crippen LogP contribution in [-0.4, -0.2) is 77.8 Å². The Labute approximate surface area is 157 Å². The predicted octanol–water partition coefficient (Wildman–Crippen LogP) is -0.247. The Morgan fingerprint density at radius 3 is 2.89 bits per heavy atom. The maximum Gasteiger partial charge on any atom is 0.273 e. The van der Waals surface area contributed by atoms with Crippen LogP contribution in [0.2, 0.25) is 0 Å². The molecule has 1 aromatic heterocycles. The Hall–Kier alpha value is -2.65. The van der Waals surface area contributed by atoms with Gasteiger partial charge >= 0.3 is 0 Å². The van der Waals surface area contributed by atoms with Gasteiger partial charge in [0.25, 0.3) is 5.91 Å². The molecule has 1 amide bonds. The number of nitrogens with zero attached hydrogens (tertiary/aromatic N) is 4. The topological polar surface area (TPSA) is 93.5 Å². The zero-order valence-electron chi connectivity index (χ0n) is 15.1. The minimum atomic E-state index is -0.258. The van der Waals surface area contributed by atoms with E-state index >= 15 is 0 Å². The van der Waals surface area contributed by atoms with Crippen LogP contribution in [0.4, 0.5) is 0 Å². The summed E-state index contributed by atoms with van der Waals surface area (Å²) in [5, 5.41) is 14.2. The number of amides is 1. The smallest absolute Gasteiger partial charge is 0.273 e. The maximum atomic E-state index is 12.3. The monoisotopic (exact) mass is 372 g/mol. The van der Waals surface area contributed by atoms with Crippen molar-refractivity contribution < 1.29 is 14.3 Å². The molecule has 2 aliphatic rings. The van der Waals surface area contributed by atoms with Crippen molar-refractivity contribution >= 4 is 5.91 Å². The molecule has 2 N–H and O–H groups in total. The number of fused-ring (bicyclic) bond motifs is 1. The Morgan fingerprint density at radius 1 is 1.22 bits per heavy atom. The predicted molar refractivity (Wildman–Crippen MR) is 98.0 cm³/mol. The minimum absolute atomic E-state index is 0.230. The molecule has 1 saturated heterocycles. The first-order valence-corrected chi connectivity index (χ1v) is 9.28. The van der Waals surface area contributed by atoms with Gasteiger partial charge in [0.15, 0.2) is 17.2 Å². The van der Waals surface area contributed by atoms with Gasteiger partial charge < -0.3 is 20.1 Å². The van der Waals surface area contributed by atoms with E-state index in [4.69, 9.17) is 9.47 Å². The highest BCUT2D eigenvalue weighted by molar-refractivity contribution is 5.91. The third-order valence-corrected chi connectivity index (χ3v) is 4.68. The summed E-state index contributed by atoms with van der Waals surface area (Å²) >= 11 is 0. The van der Waals surface area contributed by atoms with Crippen LogP contribution in [0.3, 0.4) is 0 Å². The molecule has 0 radical (unpaired) electrons. The van der Waals surface area contributed by atoms with Crippen LogP contribution in [0.1, 0.15) is 10.5 Å². The fourth-order valence-corrected chi connectivity index (χ4v) is 3.15. The van der Waals surface area contributed by atoms with Crippen LogP contribution in [-0.2, 0) is 6.54 Å². The average molecular weight is 372 g/mol. The number of piperazine rings is 1. The third-order valence-electron chi connectivity index (χ3n) is 4.68. The van der Waals surface area contributed by atoms with Crippen LogP contribution < -0.4 is 20.1 Å². The van der Waals surface area contributed by atoms with E-state index in [9.17, 15) is 4.79 Å². The first kappa shape index (κ1) is 17.7. The van der Waals surface area contributed by atoms with Crippen LogP contribution in [0.15, 0.2) is 30.5 Å². The molecule has 0 spiro atoms. The number of aromatic nitrogens is 3. The van der Waals surface area contributed by atoms with E-state index in [1.54, 1.807) is 10.9 Å². The molecule has 2 aromatic rings. The van der Waals surface area contributed by atoms with Gasteiger partial charge in [-0.1, -0.05) is 17.3 Å². The standard InChI is InChI=1S/C18H24N6O3/c25-18(20-11-14-13-26-16-3-1-2-4-17(16)27-14)15-12-24(22-21-15)10-9-23-7-5-19-6-8-23/h1-4,12,14,19H,5-11,13H2,(H,20,25)/t14-/m1/s1. The summed E-state index contributed by atoms with van der Waals surface area (Å²) in [7, 11) is 0. The van der Waals surface area contributed by atoms with E-state index in [0.717, 1.165) is 45.0 Å². The van der Waals surface area contributed by atoms with E-state index < -0.39 is 0 Å². The molecule has 0 bridgehead atoms. The lowest BCUT2D eigenvalue weighted by molar-refractivity contribution is 0.0786. The van der Waals surface area contributed by atoms with Gasteiger partial charge in [0.05, 0.1) is 19.3 Å². The van der Waals surface area contributed by atoms with Crippen molar-refractivity contribution in [2.45, 2.75) is 12.6 Å². The number of para-hydroxylation sites is 2. The number of nitrogens with one attached hydrogen (secondary N) is 2. The van der Waals surface area contributed by atoms with Crippen molar-refractivity contribution in [3.05, 3.63) is 36.2 Å². The Kier molecular flexibility index (Phi) is 5.50. The zero-order chi connectivity index (χ0) is 18.5. The van der Waals surface area contributed by atoms with Crippen LogP contribution in [0, 0.1) is 0 Å². The summed E-state index contributed by atoms with van der Waals surface area (Å²) < 4.78 is 13.2. The van der Waals surface area contributed by atoms with E-state index in [0.29, 0.717) is 24.6 Å². The number of hydrogen-bond donors (Lipinski definition) is 2. The SMILES string of the molecule is O=C(NC[C@@H]1COc2ccccc2O1)c1cn(CCN2CCNCC2)nn1. The van der Waals surface area contributed by atoms with E-state index in [-0.39, 0.29) is 12.0 Å². The molecule has 0 unspecified atom stereocenters. The summed E-state index contributed by atoms with van der Waals surface area (Å²) in [5.41, 5.74) is 0.312. The second kappa shape index (κ2) is 8.36. The van der Waals surface area contributed by atoms with Gasteiger partial charge in [-0.05, 0) is 12.1 Å². The van der Waals surface area contributed by atoms with Gasteiger partial charge in [-0.25, -0.2) is 0 Å². The highest BCUT2D eigenvalue weighted by Gasteiger charge is 2.22. The summed E-state index contributed by atoms with van der Waals surface area (Å²) in [6.45, 7) is 6.47. The molecule has 9 nitrogen and oxygen atoms in total. The summed E-state index contributed by atoms with van der Waals surface area (Å²) in [6.07, 6.45) is 1.46. The quantitative estimate of drug-likeness (QED) is 0.722. The molecule has 3 heterocycles. The number of hydrogen-bond acceptors (Lipinski definition) is 7. The van der Waals surface area contributed by atoms with Gasteiger partial charge in [-0.3, -0.25) is 14.4 Å². The van der Waals surface area contributed by atoms with Crippen LogP contribution in [0.5, 0.6) is 11.5 Å². The van der Waals surface area contributed by atoms with Crippen molar-refractivity contribution in [2.75, 3.05) is 45.9 Å². The van der Waals surface area contributed by atoms with E-state index in [1.165, 1.54) is 0 Å². The Bertz CT molecular complexity index is 774. The highest BCUT2D eigenvalue weighted by Crippen LogP contribution is 2.30. The molecule has 0 aliphatic carbocycles. The Morgan fingerprint density at radius 2 is 2.04 bits per heavy atom. The number of carbonyl (C=O) groups excluding carboxylic acids is 1. The molecule has 1 atom stereocenters. The van der Waals surface area contributed by atoms with Crippen LogP contribution in [0.25, 0.3) is 0 Å². The average Bonchev–Trinajstić information content (AvgIpc) is 3.20. The molecule has 1 fully saturated rings. The molecule has 2 aliphatic heterocycles. The van der Waals surface area contributed by atoms with Gasteiger partial charge in [0.2, 0.25) is 0 Å². The maximum absolute atomic E-state index is 12.3. The minimum Gasteiger partial charge on any atom is -0.486 e. The van der Waals surface area contributed by atoms with Gasteiger partial charge in [0.1, 0.15) is 12.7 Å². The third kappa shape index (κ3) is 4.55. The molecule has 0 saturated carbocycles. The summed E-state index contributed by atoms with van der Waals surface area (Å²) in [4.78, 5) is 14.7. The fourth-order valence-electron chi connectivity index (χ4n) is 3.15. The first-order valence-electron chi connectivity index (χ1n) is 9.28. The lowest BCUT2D eigenvalue weighted by atomic mass is 10.2. The van der Waals surface area contributed by atoms with Crippen molar-refractivity contribution in [3.63, 3.8) is 0 Å². The number of carbonyl (C=O) groups is 1. The molecule has 4 rings (SSSR count). The van der Waals surface area contributed by atoms with E-state index in [2.05, 4.69) is 25.8 Å². The normalized spacial score (nSPS) is 19.6. The number of rotatable bonds is 6. The molecular weight excluding hydrogens is 348 g/mol. The van der Waals surface area contributed by atoms with Crippen molar-refractivity contribution in [3.8, 4) is 11.5 Å². The molecular formula is C18H24N6O3. The molecule has 27 heavy (non-hydrogen) atoms. The first-order chi connectivity index (χ1) is 13.3.